The van der Waals surface area contributed by atoms with Crippen LogP contribution < -0.4 is 31.2 Å². The second-order valence-corrected chi connectivity index (χ2v) is 5.51. The van der Waals surface area contributed by atoms with Crippen molar-refractivity contribution in [1.29, 1.82) is 0 Å². The van der Waals surface area contributed by atoms with Gasteiger partial charge in [-0.2, -0.15) is 0 Å². The Morgan fingerprint density at radius 1 is 0.542 bits per heavy atom. The van der Waals surface area contributed by atoms with Crippen LogP contribution in [0.1, 0.15) is 0 Å². The Morgan fingerprint density at radius 2 is 0.792 bits per heavy atom. The predicted octanol–water partition coefficient (Wildman–Crippen LogP) is 0.869. The molecule has 0 atom stereocenters. The first-order chi connectivity index (χ1) is 11.5. The van der Waals surface area contributed by atoms with Gasteiger partial charge in [0.1, 0.15) is 11.5 Å². The van der Waals surface area contributed by atoms with Crippen LogP contribution in [-0.2, 0) is 0 Å². The van der Waals surface area contributed by atoms with Crippen LogP contribution in [0.25, 0.3) is 32.7 Å². The molecule has 0 N–H and O–H groups in total. The molecule has 0 heterocycles. The van der Waals surface area contributed by atoms with Crippen molar-refractivity contribution < 1.29 is 9.47 Å². The third kappa shape index (κ3) is 1.59. The summed E-state index contributed by atoms with van der Waals surface area (Å²) in [4.78, 5) is 49.9. The first-order valence-corrected chi connectivity index (χ1v) is 7.10. The zero-order chi connectivity index (χ0) is 17.2. The van der Waals surface area contributed by atoms with Crippen molar-refractivity contribution in [1.82, 2.24) is 0 Å². The van der Waals surface area contributed by atoms with Gasteiger partial charge in [-0.15, -0.1) is 0 Å². The van der Waals surface area contributed by atoms with Crippen LogP contribution in [-0.4, -0.2) is 14.2 Å². The molecule has 0 aromatic heterocycles. The summed E-state index contributed by atoms with van der Waals surface area (Å²) in [5, 5.41) is 0.312. The molecule has 6 nitrogen and oxygen atoms in total. The fourth-order valence-corrected chi connectivity index (χ4v) is 3.21. The highest BCUT2D eigenvalue weighted by Crippen LogP contribution is 2.37. The lowest BCUT2D eigenvalue weighted by Crippen LogP contribution is -2.31. The van der Waals surface area contributed by atoms with Crippen molar-refractivity contribution in [3.05, 3.63) is 65.2 Å². The Morgan fingerprint density at radius 3 is 1.00 bits per heavy atom. The molecule has 2 aliphatic carbocycles. The summed E-state index contributed by atoms with van der Waals surface area (Å²) >= 11 is 0. The molecule has 0 saturated heterocycles. The van der Waals surface area contributed by atoms with E-state index in [1.807, 2.05) is 0 Å². The maximum Gasteiger partial charge on any atom is 0.234 e. The molecule has 0 spiro atoms. The van der Waals surface area contributed by atoms with Crippen molar-refractivity contribution in [2.45, 2.75) is 0 Å². The summed E-state index contributed by atoms with van der Waals surface area (Å²) in [6.07, 6.45) is 0. The summed E-state index contributed by atoms with van der Waals surface area (Å²) in [7, 11) is 2.76. The van der Waals surface area contributed by atoms with Gasteiger partial charge in [0.05, 0.1) is 14.2 Å². The van der Waals surface area contributed by atoms with E-state index in [0.29, 0.717) is 11.1 Å². The fourth-order valence-electron chi connectivity index (χ4n) is 3.21. The van der Waals surface area contributed by atoms with Crippen LogP contribution >= 0.6 is 0 Å². The minimum absolute atomic E-state index is 0.0779. The molecule has 2 aromatic rings. The Kier molecular flexibility index (Phi) is 2.75. The maximum atomic E-state index is 12.5. The predicted molar refractivity (Wildman–Crippen MR) is 89.8 cm³/mol. The lowest BCUT2D eigenvalue weighted by atomic mass is 9.86. The van der Waals surface area contributed by atoms with Gasteiger partial charge in [0.25, 0.3) is 0 Å². The molecule has 0 amide bonds. The quantitative estimate of drug-likeness (QED) is 0.402. The van der Waals surface area contributed by atoms with E-state index >= 15 is 0 Å². The third-order valence-electron chi connectivity index (χ3n) is 4.34. The molecular weight excluding hydrogens is 312 g/mol. The van der Waals surface area contributed by atoms with Crippen LogP contribution in [0.2, 0.25) is 0 Å². The average Bonchev–Trinajstić information content (AvgIpc) is 2.61. The summed E-state index contributed by atoms with van der Waals surface area (Å²) in [5.41, 5.74) is -2.31. The molecule has 4 rings (SSSR count). The molecule has 6 heteroatoms. The van der Waals surface area contributed by atoms with Crippen molar-refractivity contribution in [3.8, 4) is 22.6 Å². The fraction of sp³-hybridized carbons (Fsp3) is 0.111. The molecule has 2 aromatic carbocycles. The van der Waals surface area contributed by atoms with Crippen molar-refractivity contribution in [2.75, 3.05) is 14.2 Å². The molecule has 0 fully saturated rings. The third-order valence-corrected chi connectivity index (χ3v) is 4.34. The van der Waals surface area contributed by atoms with E-state index in [9.17, 15) is 19.2 Å². The summed E-state index contributed by atoms with van der Waals surface area (Å²) < 4.78 is 10.2. The number of methoxy groups -OCH3 is 2. The van der Waals surface area contributed by atoms with Gasteiger partial charge in [0.15, 0.2) is 0 Å². The Balaban J connectivity index is 2.49. The molecular formula is C18H10O6. The highest BCUT2D eigenvalue weighted by molar-refractivity contribution is 6.12. The van der Waals surface area contributed by atoms with Crippen LogP contribution in [0.3, 0.4) is 0 Å². The zero-order valence-electron chi connectivity index (χ0n) is 12.8. The van der Waals surface area contributed by atoms with Crippen LogP contribution in [0.4, 0.5) is 0 Å². The zero-order valence-corrected chi connectivity index (χ0v) is 12.8. The van der Waals surface area contributed by atoms with E-state index in [1.54, 1.807) is 0 Å². The standard InChI is InChI=1S/C18H10O6/c1-23-7-3-9-13-10(4-7)16(20)18(22)12-6-8(24-2)5-11(14(12)13)17(21)15(9)19/h3-6H,1-2H3. The minimum atomic E-state index is -0.737. The van der Waals surface area contributed by atoms with Gasteiger partial charge in [-0.25, -0.2) is 0 Å². The van der Waals surface area contributed by atoms with Crippen molar-refractivity contribution >= 4 is 21.5 Å². The SMILES string of the molecule is COc1cc2c3c(c1)c(=O)c(=O)c1cc(OC)cc(c1-3)c(=O)c2=O. The average molecular weight is 322 g/mol. The van der Waals surface area contributed by atoms with Crippen molar-refractivity contribution in [2.24, 2.45) is 0 Å². The molecule has 0 radical (unpaired) electrons. The maximum absolute atomic E-state index is 12.5. The minimum Gasteiger partial charge on any atom is -0.497 e. The second-order valence-electron chi connectivity index (χ2n) is 5.51. The number of ether oxygens (including phenoxy) is 2. The highest BCUT2D eigenvalue weighted by atomic mass is 16.5. The Bertz CT molecular complexity index is 1100. The summed E-state index contributed by atoms with van der Waals surface area (Å²) in [5.74, 6) is 0.484. The first-order valence-electron chi connectivity index (χ1n) is 7.10. The van der Waals surface area contributed by atoms with E-state index in [2.05, 4.69) is 0 Å². The van der Waals surface area contributed by atoms with Crippen molar-refractivity contribution in [3.63, 3.8) is 0 Å². The largest absolute Gasteiger partial charge is 0.497 e. The van der Waals surface area contributed by atoms with Crippen LogP contribution in [0, 0.1) is 0 Å². The topological polar surface area (TPSA) is 86.7 Å². The van der Waals surface area contributed by atoms with Gasteiger partial charge in [-0.05, 0) is 24.3 Å². The van der Waals surface area contributed by atoms with Gasteiger partial charge < -0.3 is 9.47 Å². The number of rotatable bonds is 2. The Hall–Kier alpha value is -3.28. The van der Waals surface area contributed by atoms with E-state index in [0.717, 1.165) is 0 Å². The highest BCUT2D eigenvalue weighted by Gasteiger charge is 2.26. The second kappa shape index (κ2) is 4.61. The van der Waals surface area contributed by atoms with Gasteiger partial charge >= 0.3 is 0 Å². The van der Waals surface area contributed by atoms with Crippen LogP contribution in [0.15, 0.2) is 43.4 Å². The van der Waals surface area contributed by atoms with Gasteiger partial charge in [0.2, 0.25) is 21.7 Å². The molecule has 0 aliphatic heterocycles. The van der Waals surface area contributed by atoms with Gasteiger partial charge in [-0.3, -0.25) is 19.2 Å². The van der Waals surface area contributed by atoms with E-state index in [1.165, 1.54) is 38.5 Å². The smallest absolute Gasteiger partial charge is 0.234 e. The molecule has 24 heavy (non-hydrogen) atoms. The monoisotopic (exact) mass is 322 g/mol. The van der Waals surface area contributed by atoms with Gasteiger partial charge in [0, 0.05) is 32.7 Å². The molecule has 0 bridgehead atoms. The first kappa shape index (κ1) is 14.3. The lowest BCUT2D eigenvalue weighted by Gasteiger charge is -2.16. The number of hydrogen-bond donors (Lipinski definition) is 0. The molecule has 2 aliphatic rings. The van der Waals surface area contributed by atoms with E-state index < -0.39 is 21.7 Å². The number of benzene rings is 4. The van der Waals surface area contributed by atoms with Crippen LogP contribution in [0.5, 0.6) is 11.5 Å². The Labute approximate surface area is 133 Å². The molecule has 0 saturated carbocycles. The summed E-state index contributed by atoms with van der Waals surface area (Å²) in [6.45, 7) is 0. The number of hydrogen-bond acceptors (Lipinski definition) is 6. The van der Waals surface area contributed by atoms with E-state index in [4.69, 9.17) is 9.47 Å². The van der Waals surface area contributed by atoms with E-state index in [-0.39, 0.29) is 33.0 Å². The molecule has 0 unspecified atom stereocenters. The lowest BCUT2D eigenvalue weighted by molar-refractivity contribution is 0.415. The van der Waals surface area contributed by atoms with Gasteiger partial charge in [-0.1, -0.05) is 0 Å². The summed E-state index contributed by atoms with van der Waals surface area (Å²) in [6, 6.07) is 5.66. The molecule has 118 valence electrons. The normalized spacial score (nSPS) is 11.6.